The van der Waals surface area contributed by atoms with Crippen molar-refractivity contribution < 1.29 is 14.3 Å². The Balaban J connectivity index is 2.04. The van der Waals surface area contributed by atoms with Gasteiger partial charge in [0.15, 0.2) is 0 Å². The summed E-state index contributed by atoms with van der Waals surface area (Å²) in [5.41, 5.74) is 0.531. The van der Waals surface area contributed by atoms with Gasteiger partial charge in [0.05, 0.1) is 19.3 Å². The van der Waals surface area contributed by atoms with Crippen LogP contribution in [0.2, 0.25) is 0 Å². The van der Waals surface area contributed by atoms with Crippen LogP contribution in [-0.2, 0) is 14.3 Å². The molecular weight excluding hydrogens is 180 g/mol. The Bertz CT molecular complexity index is 207. The number of epoxide rings is 1. The maximum Gasteiger partial charge on any atom is 0.333 e. The number of ether oxygens (including phenoxy) is 2. The van der Waals surface area contributed by atoms with Gasteiger partial charge in [-0.15, -0.1) is 0 Å². The van der Waals surface area contributed by atoms with Crippen molar-refractivity contribution in [3.05, 3.63) is 12.2 Å². The lowest BCUT2D eigenvalue weighted by Crippen LogP contribution is -2.09. The number of unbranched alkanes of at least 4 members (excludes halogenated alkanes) is 2. The molecular formula is C11H18O3. The summed E-state index contributed by atoms with van der Waals surface area (Å²) in [5.74, 6) is -0.267. The van der Waals surface area contributed by atoms with Crippen LogP contribution in [-0.4, -0.2) is 25.3 Å². The molecule has 1 heterocycles. The maximum atomic E-state index is 11.3. The minimum atomic E-state index is -0.267. The first-order chi connectivity index (χ1) is 6.74. The Labute approximate surface area is 85.1 Å². The second-order valence-electron chi connectivity index (χ2n) is 3.61. The topological polar surface area (TPSA) is 38.8 Å². The number of carbonyl (C=O) groups excluding carboxylic acids is 1. The molecule has 1 aliphatic heterocycles. The van der Waals surface area contributed by atoms with Gasteiger partial charge >= 0.3 is 5.97 Å². The quantitative estimate of drug-likeness (QED) is 0.272. The maximum absolute atomic E-state index is 11.3. The highest BCUT2D eigenvalue weighted by molar-refractivity contribution is 5.87. The summed E-state index contributed by atoms with van der Waals surface area (Å²) in [5, 5.41) is 0. The monoisotopic (exact) mass is 198 g/mol. The van der Waals surface area contributed by atoms with Crippen molar-refractivity contribution in [1.29, 1.82) is 0 Å². The van der Waals surface area contributed by atoms with Crippen molar-refractivity contribution in [1.82, 2.24) is 0 Å². The van der Waals surface area contributed by atoms with Crippen molar-refractivity contribution >= 4 is 5.97 Å². The molecule has 1 atom stereocenters. The summed E-state index contributed by atoms with van der Waals surface area (Å²) in [6, 6.07) is 0. The van der Waals surface area contributed by atoms with Crippen molar-refractivity contribution in [3.8, 4) is 0 Å². The van der Waals surface area contributed by atoms with Gasteiger partial charge in [0.1, 0.15) is 0 Å². The van der Waals surface area contributed by atoms with Gasteiger partial charge < -0.3 is 9.47 Å². The van der Waals surface area contributed by atoms with Crippen molar-refractivity contribution in [3.63, 3.8) is 0 Å². The molecule has 0 aliphatic carbocycles. The van der Waals surface area contributed by atoms with Crippen LogP contribution in [0.3, 0.4) is 0 Å². The van der Waals surface area contributed by atoms with E-state index in [9.17, 15) is 4.79 Å². The van der Waals surface area contributed by atoms with Gasteiger partial charge in [0.2, 0.25) is 0 Å². The Morgan fingerprint density at radius 1 is 1.57 bits per heavy atom. The molecule has 3 nitrogen and oxygen atoms in total. The van der Waals surface area contributed by atoms with Gasteiger partial charge in [-0.05, 0) is 6.42 Å². The largest absolute Gasteiger partial charge is 0.462 e. The summed E-state index contributed by atoms with van der Waals surface area (Å²) in [6.07, 6.45) is 4.01. The van der Waals surface area contributed by atoms with E-state index >= 15 is 0 Å². The number of rotatable bonds is 7. The molecule has 0 amide bonds. The van der Waals surface area contributed by atoms with Gasteiger partial charge in [0.25, 0.3) is 0 Å². The molecule has 0 aromatic carbocycles. The molecule has 1 saturated heterocycles. The Hall–Kier alpha value is -0.830. The van der Waals surface area contributed by atoms with Crippen molar-refractivity contribution in [2.24, 2.45) is 0 Å². The molecule has 0 saturated carbocycles. The molecule has 3 heteroatoms. The minimum absolute atomic E-state index is 0.214. The lowest BCUT2D eigenvalue weighted by Gasteiger charge is -2.05. The van der Waals surface area contributed by atoms with E-state index < -0.39 is 0 Å². The fraction of sp³-hybridized carbons (Fsp3) is 0.727. The SMILES string of the molecule is C=C(CC1CO1)C(=O)OCCCCC. The van der Waals surface area contributed by atoms with E-state index in [2.05, 4.69) is 13.5 Å². The average Bonchev–Trinajstić information content (AvgIpc) is 2.96. The zero-order valence-electron chi connectivity index (χ0n) is 8.75. The van der Waals surface area contributed by atoms with E-state index in [1.54, 1.807) is 0 Å². The standard InChI is InChI=1S/C11H18O3/c1-3-4-5-6-13-11(12)9(2)7-10-8-14-10/h10H,2-8H2,1H3. The van der Waals surface area contributed by atoms with E-state index in [1.807, 2.05) is 0 Å². The van der Waals surface area contributed by atoms with Crippen LogP contribution < -0.4 is 0 Å². The third-order valence-corrected chi connectivity index (χ3v) is 2.15. The predicted molar refractivity (Wildman–Crippen MR) is 54.0 cm³/mol. The number of esters is 1. The van der Waals surface area contributed by atoms with Gasteiger partial charge in [0, 0.05) is 12.0 Å². The van der Waals surface area contributed by atoms with Gasteiger partial charge in [-0.1, -0.05) is 26.3 Å². The fourth-order valence-electron chi connectivity index (χ4n) is 1.16. The Kier molecular flexibility index (Phi) is 4.66. The zero-order chi connectivity index (χ0) is 10.4. The van der Waals surface area contributed by atoms with Crippen LogP contribution >= 0.6 is 0 Å². The molecule has 14 heavy (non-hydrogen) atoms. The lowest BCUT2D eigenvalue weighted by atomic mass is 10.2. The summed E-state index contributed by atoms with van der Waals surface area (Å²) < 4.78 is 10.0. The summed E-state index contributed by atoms with van der Waals surface area (Å²) >= 11 is 0. The first-order valence-electron chi connectivity index (χ1n) is 5.20. The lowest BCUT2D eigenvalue weighted by molar-refractivity contribution is -0.139. The molecule has 0 aromatic rings. The van der Waals surface area contributed by atoms with Crippen LogP contribution in [0.1, 0.15) is 32.6 Å². The van der Waals surface area contributed by atoms with Gasteiger partial charge in [-0.2, -0.15) is 0 Å². The summed E-state index contributed by atoms with van der Waals surface area (Å²) in [4.78, 5) is 11.3. The second kappa shape index (κ2) is 5.81. The number of carbonyl (C=O) groups is 1. The van der Waals surface area contributed by atoms with Crippen LogP contribution in [0.25, 0.3) is 0 Å². The fourth-order valence-corrected chi connectivity index (χ4v) is 1.16. The number of hydrogen-bond acceptors (Lipinski definition) is 3. The van der Waals surface area contributed by atoms with Crippen LogP contribution in [0, 0.1) is 0 Å². The normalized spacial score (nSPS) is 19.1. The smallest absolute Gasteiger partial charge is 0.333 e. The Morgan fingerprint density at radius 2 is 2.29 bits per heavy atom. The van der Waals surface area contributed by atoms with Gasteiger partial charge in [-0.25, -0.2) is 4.79 Å². The zero-order valence-corrected chi connectivity index (χ0v) is 8.75. The third kappa shape index (κ3) is 4.42. The number of hydrogen-bond donors (Lipinski definition) is 0. The molecule has 1 rings (SSSR count). The van der Waals surface area contributed by atoms with Gasteiger partial charge in [-0.3, -0.25) is 0 Å². The first kappa shape index (κ1) is 11.2. The van der Waals surface area contributed by atoms with E-state index in [4.69, 9.17) is 9.47 Å². The van der Waals surface area contributed by atoms with Crippen molar-refractivity contribution in [2.75, 3.05) is 13.2 Å². The molecule has 1 aliphatic rings. The molecule has 0 spiro atoms. The highest BCUT2D eigenvalue weighted by atomic mass is 16.6. The molecule has 0 N–H and O–H groups in total. The molecule has 0 bridgehead atoms. The van der Waals surface area contributed by atoms with Crippen LogP contribution in [0.4, 0.5) is 0 Å². The highest BCUT2D eigenvalue weighted by Gasteiger charge is 2.25. The molecule has 0 aromatic heterocycles. The summed E-state index contributed by atoms with van der Waals surface area (Å²) in [7, 11) is 0. The molecule has 1 unspecified atom stereocenters. The van der Waals surface area contributed by atoms with E-state index in [-0.39, 0.29) is 12.1 Å². The van der Waals surface area contributed by atoms with Crippen LogP contribution in [0.5, 0.6) is 0 Å². The minimum Gasteiger partial charge on any atom is -0.462 e. The van der Waals surface area contributed by atoms with Crippen molar-refractivity contribution in [2.45, 2.75) is 38.7 Å². The van der Waals surface area contributed by atoms with E-state index in [1.165, 1.54) is 0 Å². The molecule has 1 fully saturated rings. The molecule has 80 valence electrons. The predicted octanol–water partition coefficient (Wildman–Crippen LogP) is 2.06. The highest BCUT2D eigenvalue weighted by Crippen LogP contribution is 2.18. The first-order valence-corrected chi connectivity index (χ1v) is 5.20. The van der Waals surface area contributed by atoms with E-state index in [0.29, 0.717) is 18.6 Å². The summed E-state index contributed by atoms with van der Waals surface area (Å²) in [6.45, 7) is 7.06. The second-order valence-corrected chi connectivity index (χ2v) is 3.61. The van der Waals surface area contributed by atoms with Crippen LogP contribution in [0.15, 0.2) is 12.2 Å². The average molecular weight is 198 g/mol. The van der Waals surface area contributed by atoms with E-state index in [0.717, 1.165) is 25.9 Å². The third-order valence-electron chi connectivity index (χ3n) is 2.15. The Morgan fingerprint density at radius 3 is 2.86 bits per heavy atom. The molecule has 0 radical (unpaired) electrons.